The van der Waals surface area contributed by atoms with E-state index in [4.69, 9.17) is 5.73 Å². The highest BCUT2D eigenvalue weighted by molar-refractivity contribution is 5.81. The van der Waals surface area contributed by atoms with Gasteiger partial charge < -0.3 is 16.4 Å². The van der Waals surface area contributed by atoms with E-state index >= 15 is 0 Å². The summed E-state index contributed by atoms with van der Waals surface area (Å²) in [4.78, 5) is 14.3. The molecule has 1 fully saturated rings. The highest BCUT2D eigenvalue weighted by Crippen LogP contribution is 2.08. The minimum atomic E-state index is -0.0900. The van der Waals surface area contributed by atoms with Crippen LogP contribution >= 0.6 is 0 Å². The third-order valence-corrected chi connectivity index (χ3v) is 3.57. The molecule has 0 aromatic heterocycles. The number of nitrogens with zero attached hydrogens (tertiary/aromatic N) is 1. The quantitative estimate of drug-likeness (QED) is 0.614. The normalized spacial score (nSPS) is 23.1. The van der Waals surface area contributed by atoms with Crippen molar-refractivity contribution in [3.8, 4) is 0 Å². The van der Waals surface area contributed by atoms with E-state index in [1.165, 1.54) is 0 Å². The van der Waals surface area contributed by atoms with Crippen LogP contribution in [0.3, 0.4) is 0 Å². The topological polar surface area (TPSA) is 70.4 Å². The smallest absolute Gasteiger partial charge is 0.237 e. The van der Waals surface area contributed by atoms with Gasteiger partial charge in [0.25, 0.3) is 0 Å². The van der Waals surface area contributed by atoms with Gasteiger partial charge in [-0.05, 0) is 19.3 Å². The summed E-state index contributed by atoms with van der Waals surface area (Å²) in [5.41, 5.74) is 5.76. The van der Waals surface area contributed by atoms with Crippen LogP contribution in [-0.2, 0) is 4.79 Å². The molecule has 0 saturated carbocycles. The van der Waals surface area contributed by atoms with Crippen molar-refractivity contribution < 1.29 is 4.79 Å². The zero-order chi connectivity index (χ0) is 13.5. The monoisotopic (exact) mass is 256 g/mol. The van der Waals surface area contributed by atoms with Crippen LogP contribution in [0, 0.1) is 5.92 Å². The van der Waals surface area contributed by atoms with E-state index < -0.39 is 0 Å². The molecule has 4 N–H and O–H groups in total. The highest BCUT2D eigenvalue weighted by Gasteiger charge is 2.28. The van der Waals surface area contributed by atoms with Crippen LogP contribution in [0.25, 0.3) is 0 Å². The molecule has 0 aromatic carbocycles. The Bertz CT molecular complexity index is 257. The average molecular weight is 256 g/mol. The fourth-order valence-electron chi connectivity index (χ4n) is 2.29. The lowest BCUT2D eigenvalue weighted by Gasteiger charge is -2.38. The number of nitrogens with one attached hydrogen (secondary N) is 2. The fraction of sp³-hybridized carbons (Fsp3) is 0.923. The van der Waals surface area contributed by atoms with Gasteiger partial charge in [-0.3, -0.25) is 9.69 Å². The fourth-order valence-corrected chi connectivity index (χ4v) is 2.29. The van der Waals surface area contributed by atoms with Crippen LogP contribution in [0.4, 0.5) is 0 Å². The Hall–Kier alpha value is -0.650. The molecule has 18 heavy (non-hydrogen) atoms. The zero-order valence-corrected chi connectivity index (χ0v) is 11.9. The molecule has 2 atom stereocenters. The van der Waals surface area contributed by atoms with Crippen molar-refractivity contribution in [1.82, 2.24) is 15.5 Å². The predicted molar refractivity (Wildman–Crippen MR) is 74.3 cm³/mol. The number of hydrogen-bond acceptors (Lipinski definition) is 4. The molecule has 1 heterocycles. The maximum absolute atomic E-state index is 12.1. The predicted octanol–water partition coefficient (Wildman–Crippen LogP) is -0.230. The number of nitrogens with two attached hydrogens (primary N) is 1. The number of piperazine rings is 1. The third kappa shape index (κ3) is 4.55. The summed E-state index contributed by atoms with van der Waals surface area (Å²) < 4.78 is 0. The number of rotatable bonds is 6. The first-order valence-electron chi connectivity index (χ1n) is 7.00. The Labute approximate surface area is 110 Å². The Morgan fingerprint density at radius 1 is 1.50 bits per heavy atom. The van der Waals surface area contributed by atoms with E-state index in [9.17, 15) is 4.79 Å². The number of hydrogen-bond donors (Lipinski definition) is 3. The summed E-state index contributed by atoms with van der Waals surface area (Å²) in [6, 6.07) is 0.178. The molecule has 1 amide bonds. The van der Waals surface area contributed by atoms with Gasteiger partial charge in [0.2, 0.25) is 5.91 Å². The van der Waals surface area contributed by atoms with Crippen molar-refractivity contribution in [2.75, 3.05) is 32.7 Å². The maximum atomic E-state index is 12.1. The van der Waals surface area contributed by atoms with Gasteiger partial charge in [0.15, 0.2) is 0 Å². The molecular formula is C13H28N4O. The highest BCUT2D eigenvalue weighted by atomic mass is 16.2. The molecule has 0 spiro atoms. The van der Waals surface area contributed by atoms with E-state index in [1.807, 2.05) is 6.92 Å². The Balaban J connectivity index is 2.41. The van der Waals surface area contributed by atoms with Crippen molar-refractivity contribution >= 4 is 5.91 Å². The van der Waals surface area contributed by atoms with Crippen molar-refractivity contribution in [2.24, 2.45) is 11.7 Å². The minimum Gasteiger partial charge on any atom is -0.355 e. The molecule has 106 valence electrons. The van der Waals surface area contributed by atoms with Crippen LogP contribution in [0.15, 0.2) is 0 Å². The first kappa shape index (κ1) is 15.4. The van der Waals surface area contributed by atoms with Crippen LogP contribution in [-0.4, -0.2) is 55.6 Å². The van der Waals surface area contributed by atoms with Gasteiger partial charge in [0.05, 0.1) is 6.04 Å². The summed E-state index contributed by atoms with van der Waals surface area (Å²) in [6.45, 7) is 10.4. The molecule has 1 aliphatic rings. The van der Waals surface area contributed by atoms with Gasteiger partial charge in [-0.15, -0.1) is 0 Å². The summed E-state index contributed by atoms with van der Waals surface area (Å²) >= 11 is 0. The molecule has 0 bridgehead atoms. The Kier molecular flexibility index (Phi) is 6.60. The summed E-state index contributed by atoms with van der Waals surface area (Å²) in [5, 5.41) is 6.33. The molecule has 1 aliphatic heterocycles. The third-order valence-electron chi connectivity index (χ3n) is 3.57. The van der Waals surface area contributed by atoms with E-state index in [0.717, 1.165) is 32.6 Å². The second-order valence-corrected chi connectivity index (χ2v) is 5.48. The molecule has 0 aliphatic carbocycles. The van der Waals surface area contributed by atoms with Crippen LogP contribution in [0.2, 0.25) is 0 Å². The molecule has 1 rings (SSSR count). The number of carbonyl (C=O) groups is 1. The van der Waals surface area contributed by atoms with Gasteiger partial charge in [0.1, 0.15) is 0 Å². The second-order valence-electron chi connectivity index (χ2n) is 5.48. The number of carbonyl (C=O) groups excluding carboxylic acids is 1. The van der Waals surface area contributed by atoms with Crippen molar-refractivity contribution in [2.45, 2.75) is 39.3 Å². The van der Waals surface area contributed by atoms with Crippen LogP contribution in [0.5, 0.6) is 0 Å². The largest absolute Gasteiger partial charge is 0.355 e. The lowest BCUT2D eigenvalue weighted by Crippen LogP contribution is -2.60. The molecule has 0 radical (unpaired) electrons. The summed E-state index contributed by atoms with van der Waals surface area (Å²) in [5.74, 6) is 0.743. The molecule has 1 saturated heterocycles. The maximum Gasteiger partial charge on any atom is 0.237 e. The molecule has 5 nitrogen and oxygen atoms in total. The van der Waals surface area contributed by atoms with Gasteiger partial charge in [0, 0.05) is 38.8 Å². The average Bonchev–Trinajstić information content (AvgIpc) is 2.37. The molecule has 0 aromatic rings. The SMILES string of the molecule is CC(C)CCNC(=O)C(C)N1CCNCC1CN. The van der Waals surface area contributed by atoms with Gasteiger partial charge in [-0.25, -0.2) is 0 Å². The van der Waals surface area contributed by atoms with Crippen LogP contribution < -0.4 is 16.4 Å². The van der Waals surface area contributed by atoms with E-state index in [0.29, 0.717) is 12.5 Å². The standard InChI is InChI=1S/C13H28N4O/c1-10(2)4-5-16-13(18)11(3)17-7-6-15-9-12(17)8-14/h10-12,15H,4-9,14H2,1-3H3,(H,16,18). The zero-order valence-electron chi connectivity index (χ0n) is 11.9. The second kappa shape index (κ2) is 7.71. The van der Waals surface area contributed by atoms with Gasteiger partial charge >= 0.3 is 0 Å². The van der Waals surface area contributed by atoms with Crippen molar-refractivity contribution in [1.29, 1.82) is 0 Å². The van der Waals surface area contributed by atoms with Crippen molar-refractivity contribution in [3.63, 3.8) is 0 Å². The Morgan fingerprint density at radius 3 is 2.83 bits per heavy atom. The molecule has 2 unspecified atom stereocenters. The first-order chi connectivity index (χ1) is 8.56. The van der Waals surface area contributed by atoms with E-state index in [2.05, 4.69) is 29.4 Å². The van der Waals surface area contributed by atoms with E-state index in [1.54, 1.807) is 0 Å². The Morgan fingerprint density at radius 2 is 2.22 bits per heavy atom. The summed E-state index contributed by atoms with van der Waals surface area (Å²) in [7, 11) is 0. The lowest BCUT2D eigenvalue weighted by molar-refractivity contribution is -0.127. The number of amides is 1. The first-order valence-corrected chi connectivity index (χ1v) is 7.00. The van der Waals surface area contributed by atoms with Gasteiger partial charge in [-0.2, -0.15) is 0 Å². The van der Waals surface area contributed by atoms with E-state index in [-0.39, 0.29) is 18.0 Å². The lowest BCUT2D eigenvalue weighted by atomic mass is 10.1. The van der Waals surface area contributed by atoms with Crippen LogP contribution in [0.1, 0.15) is 27.2 Å². The molecular weight excluding hydrogens is 228 g/mol. The van der Waals surface area contributed by atoms with Crippen molar-refractivity contribution in [3.05, 3.63) is 0 Å². The summed E-state index contributed by atoms with van der Waals surface area (Å²) in [6.07, 6.45) is 1.03. The minimum absolute atomic E-state index is 0.0900. The molecule has 5 heteroatoms. The van der Waals surface area contributed by atoms with Gasteiger partial charge in [-0.1, -0.05) is 13.8 Å².